The molecule has 0 aliphatic rings. The number of methoxy groups -OCH3 is 1. The molecule has 0 aromatic heterocycles. The molecule has 0 amide bonds. The molecule has 0 spiro atoms. The van der Waals surface area contributed by atoms with E-state index in [0.717, 1.165) is 12.0 Å². The number of hydrogen-bond acceptors (Lipinski definition) is 5. The van der Waals surface area contributed by atoms with E-state index in [1.807, 2.05) is 19.1 Å². The first kappa shape index (κ1) is 17.3. The largest absolute Gasteiger partial charge is 0.497 e. The van der Waals surface area contributed by atoms with Crippen LogP contribution in [-0.4, -0.2) is 31.8 Å². The SMILES string of the molecule is CCC(N)Cc1ccc(OC)cc1OCC(=O)OC(C)C. The number of nitrogens with two attached hydrogens (primary N) is 1. The fourth-order valence-corrected chi connectivity index (χ4v) is 1.83. The molecule has 0 aliphatic heterocycles. The molecule has 1 aromatic rings. The number of rotatable bonds is 8. The Morgan fingerprint density at radius 1 is 1.33 bits per heavy atom. The molecule has 5 nitrogen and oxygen atoms in total. The van der Waals surface area contributed by atoms with Gasteiger partial charge in [0.05, 0.1) is 13.2 Å². The Hall–Kier alpha value is -1.75. The zero-order valence-electron chi connectivity index (χ0n) is 13.2. The molecule has 0 bridgehead atoms. The Kier molecular flexibility index (Phi) is 7.02. The van der Waals surface area contributed by atoms with E-state index < -0.39 is 5.97 Å². The van der Waals surface area contributed by atoms with E-state index in [0.29, 0.717) is 17.9 Å². The van der Waals surface area contributed by atoms with Crippen LogP contribution in [0, 0.1) is 0 Å². The van der Waals surface area contributed by atoms with Gasteiger partial charge in [0.25, 0.3) is 0 Å². The predicted octanol–water partition coefficient (Wildman–Crippen LogP) is 2.31. The van der Waals surface area contributed by atoms with Crippen LogP contribution in [0.1, 0.15) is 32.8 Å². The normalized spacial score (nSPS) is 12.1. The Morgan fingerprint density at radius 2 is 2.05 bits per heavy atom. The van der Waals surface area contributed by atoms with Gasteiger partial charge in [-0.15, -0.1) is 0 Å². The molecule has 21 heavy (non-hydrogen) atoms. The highest BCUT2D eigenvalue weighted by Gasteiger charge is 2.12. The zero-order valence-corrected chi connectivity index (χ0v) is 13.2. The second-order valence-electron chi connectivity index (χ2n) is 5.17. The molecule has 1 rings (SSSR count). The molecule has 0 saturated carbocycles. The quantitative estimate of drug-likeness (QED) is 0.745. The molecule has 1 atom stereocenters. The minimum absolute atomic E-state index is 0.0587. The average Bonchev–Trinajstić information content (AvgIpc) is 2.45. The van der Waals surface area contributed by atoms with Crippen LogP contribution in [0.3, 0.4) is 0 Å². The van der Waals surface area contributed by atoms with Gasteiger partial charge in [0, 0.05) is 12.1 Å². The highest BCUT2D eigenvalue weighted by molar-refractivity contribution is 5.71. The Morgan fingerprint density at radius 3 is 2.62 bits per heavy atom. The highest BCUT2D eigenvalue weighted by atomic mass is 16.6. The van der Waals surface area contributed by atoms with Gasteiger partial charge in [-0.2, -0.15) is 0 Å². The number of hydrogen-bond donors (Lipinski definition) is 1. The van der Waals surface area contributed by atoms with E-state index in [9.17, 15) is 4.79 Å². The van der Waals surface area contributed by atoms with Crippen molar-refractivity contribution in [3.05, 3.63) is 23.8 Å². The summed E-state index contributed by atoms with van der Waals surface area (Å²) < 4.78 is 15.8. The molecule has 0 fully saturated rings. The van der Waals surface area contributed by atoms with E-state index in [1.54, 1.807) is 27.0 Å². The molecule has 2 N–H and O–H groups in total. The first-order valence-corrected chi connectivity index (χ1v) is 7.21. The van der Waals surface area contributed by atoms with Crippen LogP contribution in [0.15, 0.2) is 18.2 Å². The van der Waals surface area contributed by atoms with E-state index >= 15 is 0 Å². The van der Waals surface area contributed by atoms with Gasteiger partial charge >= 0.3 is 5.97 Å². The average molecular weight is 295 g/mol. The summed E-state index contributed by atoms with van der Waals surface area (Å²) in [5.41, 5.74) is 6.95. The lowest BCUT2D eigenvalue weighted by Gasteiger charge is -2.15. The Balaban J connectivity index is 2.78. The van der Waals surface area contributed by atoms with Crippen molar-refractivity contribution in [2.24, 2.45) is 5.73 Å². The van der Waals surface area contributed by atoms with Crippen molar-refractivity contribution in [1.82, 2.24) is 0 Å². The van der Waals surface area contributed by atoms with E-state index in [2.05, 4.69) is 0 Å². The minimum Gasteiger partial charge on any atom is -0.497 e. The fraction of sp³-hybridized carbons (Fsp3) is 0.562. The summed E-state index contributed by atoms with van der Waals surface area (Å²) in [5.74, 6) is 0.897. The van der Waals surface area contributed by atoms with Gasteiger partial charge in [0.2, 0.25) is 0 Å². The van der Waals surface area contributed by atoms with Crippen molar-refractivity contribution in [3.8, 4) is 11.5 Å². The van der Waals surface area contributed by atoms with Crippen molar-refractivity contribution in [2.75, 3.05) is 13.7 Å². The number of benzene rings is 1. The number of esters is 1. The van der Waals surface area contributed by atoms with Crippen LogP contribution < -0.4 is 15.2 Å². The lowest BCUT2D eigenvalue weighted by atomic mass is 10.0. The van der Waals surface area contributed by atoms with E-state index in [1.165, 1.54) is 0 Å². The van der Waals surface area contributed by atoms with Gasteiger partial charge in [-0.3, -0.25) is 0 Å². The van der Waals surface area contributed by atoms with E-state index in [-0.39, 0.29) is 18.8 Å². The lowest BCUT2D eigenvalue weighted by molar-refractivity contribution is -0.149. The summed E-state index contributed by atoms with van der Waals surface area (Å²) in [4.78, 5) is 11.6. The summed E-state index contributed by atoms with van der Waals surface area (Å²) in [6.07, 6.45) is 1.41. The Bertz CT molecular complexity index is 460. The third-order valence-electron chi connectivity index (χ3n) is 2.99. The summed E-state index contributed by atoms with van der Waals surface area (Å²) in [6, 6.07) is 5.60. The van der Waals surface area contributed by atoms with Crippen LogP contribution in [0.4, 0.5) is 0 Å². The van der Waals surface area contributed by atoms with Crippen molar-refractivity contribution in [3.63, 3.8) is 0 Å². The first-order chi connectivity index (χ1) is 9.96. The van der Waals surface area contributed by atoms with Crippen LogP contribution in [0.5, 0.6) is 11.5 Å². The van der Waals surface area contributed by atoms with Gasteiger partial charge in [-0.25, -0.2) is 4.79 Å². The second kappa shape index (κ2) is 8.52. The molecule has 1 aromatic carbocycles. The third-order valence-corrected chi connectivity index (χ3v) is 2.99. The topological polar surface area (TPSA) is 70.8 Å². The fourth-order valence-electron chi connectivity index (χ4n) is 1.83. The molecule has 0 saturated heterocycles. The van der Waals surface area contributed by atoms with Gasteiger partial charge < -0.3 is 19.9 Å². The van der Waals surface area contributed by atoms with Crippen molar-refractivity contribution >= 4 is 5.97 Å². The number of carbonyl (C=O) groups excluding carboxylic acids is 1. The van der Waals surface area contributed by atoms with Gasteiger partial charge in [-0.05, 0) is 38.3 Å². The van der Waals surface area contributed by atoms with Crippen LogP contribution in [-0.2, 0) is 16.0 Å². The van der Waals surface area contributed by atoms with Gasteiger partial charge in [0.15, 0.2) is 6.61 Å². The molecule has 0 aliphatic carbocycles. The second-order valence-corrected chi connectivity index (χ2v) is 5.17. The molecule has 0 heterocycles. The van der Waals surface area contributed by atoms with Crippen LogP contribution in [0.25, 0.3) is 0 Å². The monoisotopic (exact) mass is 295 g/mol. The maximum Gasteiger partial charge on any atom is 0.344 e. The van der Waals surface area contributed by atoms with Gasteiger partial charge in [0.1, 0.15) is 11.5 Å². The number of ether oxygens (including phenoxy) is 3. The summed E-state index contributed by atoms with van der Waals surface area (Å²) in [7, 11) is 1.59. The molecular formula is C16H25NO4. The van der Waals surface area contributed by atoms with Crippen molar-refractivity contribution in [1.29, 1.82) is 0 Å². The van der Waals surface area contributed by atoms with E-state index in [4.69, 9.17) is 19.9 Å². The maximum absolute atomic E-state index is 11.6. The predicted molar refractivity (Wildman–Crippen MR) is 81.7 cm³/mol. The molecular weight excluding hydrogens is 270 g/mol. The minimum atomic E-state index is -0.390. The smallest absolute Gasteiger partial charge is 0.344 e. The summed E-state index contributed by atoms with van der Waals surface area (Å²) >= 11 is 0. The summed E-state index contributed by atoms with van der Waals surface area (Å²) in [6.45, 7) is 5.51. The Labute approximate surface area is 126 Å². The van der Waals surface area contributed by atoms with Crippen molar-refractivity contribution < 1.29 is 19.0 Å². The molecule has 1 unspecified atom stereocenters. The standard InChI is InChI=1S/C16H25NO4/c1-5-13(17)8-12-6-7-14(19-4)9-15(12)20-10-16(18)21-11(2)3/h6-7,9,11,13H,5,8,10,17H2,1-4H3. The first-order valence-electron chi connectivity index (χ1n) is 7.21. The highest BCUT2D eigenvalue weighted by Crippen LogP contribution is 2.26. The van der Waals surface area contributed by atoms with Crippen LogP contribution in [0.2, 0.25) is 0 Å². The summed E-state index contributed by atoms with van der Waals surface area (Å²) in [5, 5.41) is 0. The third kappa shape index (κ3) is 6.04. The number of carbonyl (C=O) groups is 1. The maximum atomic E-state index is 11.6. The lowest BCUT2D eigenvalue weighted by Crippen LogP contribution is -2.23. The molecule has 5 heteroatoms. The van der Waals surface area contributed by atoms with Gasteiger partial charge in [-0.1, -0.05) is 13.0 Å². The van der Waals surface area contributed by atoms with Crippen molar-refractivity contribution in [2.45, 2.75) is 45.8 Å². The molecule has 0 radical (unpaired) electrons. The zero-order chi connectivity index (χ0) is 15.8. The van der Waals surface area contributed by atoms with Crippen LogP contribution >= 0.6 is 0 Å². The molecule has 118 valence electrons.